The number of aromatic hydroxyl groups is 1. The van der Waals surface area contributed by atoms with Crippen LogP contribution in [0.2, 0.25) is 10.0 Å². The van der Waals surface area contributed by atoms with Gasteiger partial charge in [-0.05, 0) is 54.3 Å². The third-order valence-electron chi connectivity index (χ3n) is 5.22. The number of carbonyl (C=O) groups is 2. The van der Waals surface area contributed by atoms with Crippen LogP contribution in [-0.2, 0) is 9.59 Å². The second kappa shape index (κ2) is 11.9. The third kappa shape index (κ3) is 7.10. The monoisotopic (exact) mass is 515 g/mol. The molecule has 0 saturated carbocycles. The smallest absolute Gasteiger partial charge is 0.262 e. The number of ether oxygens (including phenoxy) is 1. The first-order chi connectivity index (χ1) is 16.7. The van der Waals surface area contributed by atoms with Crippen LogP contribution in [0.3, 0.4) is 0 Å². The van der Waals surface area contributed by atoms with E-state index in [4.69, 9.17) is 27.9 Å². The molecule has 0 heterocycles. The Bertz CT molecular complexity index is 1250. The van der Waals surface area contributed by atoms with Crippen LogP contribution in [0.1, 0.15) is 32.8 Å². The Labute approximate surface area is 214 Å². The average molecular weight is 516 g/mol. The fraction of sp³-hybridized carbons (Fsp3) is 0.269. The number of nitrogens with one attached hydrogen (secondary N) is 2. The van der Waals surface area contributed by atoms with E-state index in [0.717, 1.165) is 10.8 Å². The molecule has 3 rings (SSSR count). The van der Waals surface area contributed by atoms with E-state index in [0.29, 0.717) is 22.8 Å². The zero-order valence-electron chi connectivity index (χ0n) is 19.6. The lowest BCUT2D eigenvalue weighted by Crippen LogP contribution is -2.49. The molecule has 0 aromatic heterocycles. The van der Waals surface area contributed by atoms with Gasteiger partial charge in [-0.25, -0.2) is 5.43 Å². The molecule has 0 aliphatic carbocycles. The molecule has 0 aliphatic rings. The zero-order chi connectivity index (χ0) is 25.5. The van der Waals surface area contributed by atoms with Gasteiger partial charge in [0.2, 0.25) is 0 Å². The van der Waals surface area contributed by atoms with E-state index in [2.05, 4.69) is 15.8 Å². The van der Waals surface area contributed by atoms with Gasteiger partial charge in [0, 0.05) is 10.6 Å². The van der Waals surface area contributed by atoms with E-state index >= 15 is 0 Å². The van der Waals surface area contributed by atoms with Gasteiger partial charge in [0.25, 0.3) is 11.8 Å². The van der Waals surface area contributed by atoms with Gasteiger partial charge in [0.15, 0.2) is 6.10 Å². The quantitative estimate of drug-likeness (QED) is 0.266. The standard InChI is InChI=1S/C26H27Cl2N3O4/c1-15(2)12-22(30-25(33)16(3)35-24-11-9-18(27)13-21(24)28)26(34)31-29-14-20-19-7-5-4-6-17(19)8-10-23(20)32/h4-11,13-16,22,32H,12H2,1-3H3,(H,30,33)(H,31,34)/b29-14-/t16-,22+/m0/s1. The predicted molar refractivity (Wildman–Crippen MR) is 139 cm³/mol. The molecule has 3 aromatic carbocycles. The summed E-state index contributed by atoms with van der Waals surface area (Å²) in [5, 5.41) is 19.4. The van der Waals surface area contributed by atoms with Crippen molar-refractivity contribution in [3.05, 3.63) is 70.2 Å². The summed E-state index contributed by atoms with van der Waals surface area (Å²) >= 11 is 12.0. The van der Waals surface area contributed by atoms with Crippen molar-refractivity contribution >= 4 is 52.0 Å². The number of fused-ring (bicyclic) bond motifs is 1. The fourth-order valence-electron chi connectivity index (χ4n) is 3.46. The van der Waals surface area contributed by atoms with Crippen LogP contribution >= 0.6 is 23.2 Å². The number of phenols is 1. The molecule has 184 valence electrons. The summed E-state index contributed by atoms with van der Waals surface area (Å²) in [6, 6.07) is 14.7. The van der Waals surface area contributed by atoms with Crippen molar-refractivity contribution in [1.29, 1.82) is 0 Å². The summed E-state index contributed by atoms with van der Waals surface area (Å²) in [6.45, 7) is 5.45. The highest BCUT2D eigenvalue weighted by molar-refractivity contribution is 6.35. The molecule has 35 heavy (non-hydrogen) atoms. The van der Waals surface area contributed by atoms with Gasteiger partial charge in [-0.2, -0.15) is 5.10 Å². The second-order valence-corrected chi connectivity index (χ2v) is 9.32. The lowest BCUT2D eigenvalue weighted by Gasteiger charge is -2.22. The van der Waals surface area contributed by atoms with Crippen LogP contribution in [0.15, 0.2) is 59.7 Å². The number of benzene rings is 3. The van der Waals surface area contributed by atoms with Crippen molar-refractivity contribution in [2.75, 3.05) is 0 Å². The molecule has 2 atom stereocenters. The average Bonchev–Trinajstić information content (AvgIpc) is 2.81. The molecule has 0 saturated heterocycles. The molecule has 9 heteroatoms. The minimum atomic E-state index is -0.910. The van der Waals surface area contributed by atoms with Crippen LogP contribution < -0.4 is 15.5 Å². The number of nitrogens with zero attached hydrogens (tertiary/aromatic N) is 1. The highest BCUT2D eigenvalue weighted by Gasteiger charge is 2.25. The number of carbonyl (C=O) groups excluding carboxylic acids is 2. The summed E-state index contributed by atoms with van der Waals surface area (Å²) < 4.78 is 5.65. The molecule has 0 fully saturated rings. The highest BCUT2D eigenvalue weighted by atomic mass is 35.5. The van der Waals surface area contributed by atoms with Crippen LogP contribution in [0.4, 0.5) is 0 Å². The number of amides is 2. The lowest BCUT2D eigenvalue weighted by atomic mass is 10.0. The molecule has 7 nitrogen and oxygen atoms in total. The van der Waals surface area contributed by atoms with Crippen LogP contribution in [0.5, 0.6) is 11.5 Å². The number of halogens is 2. The first kappa shape index (κ1) is 26.3. The number of hydrazone groups is 1. The van der Waals surface area contributed by atoms with Crippen molar-refractivity contribution in [2.45, 2.75) is 39.3 Å². The summed E-state index contributed by atoms with van der Waals surface area (Å²) in [5.74, 6) is -0.491. The van der Waals surface area contributed by atoms with Crippen molar-refractivity contribution in [3.8, 4) is 11.5 Å². The van der Waals surface area contributed by atoms with Crippen LogP contribution in [0.25, 0.3) is 10.8 Å². The summed E-state index contributed by atoms with van der Waals surface area (Å²) in [5.41, 5.74) is 2.95. The molecule has 0 spiro atoms. The number of rotatable bonds is 9. The van der Waals surface area contributed by atoms with Crippen molar-refractivity contribution in [1.82, 2.24) is 10.7 Å². The van der Waals surface area contributed by atoms with Crippen LogP contribution in [-0.4, -0.2) is 35.3 Å². The van der Waals surface area contributed by atoms with Gasteiger partial charge in [-0.3, -0.25) is 9.59 Å². The fourth-order valence-corrected chi connectivity index (χ4v) is 3.92. The Hall–Kier alpha value is -3.29. The number of phenolic OH excluding ortho intramolecular Hbond substituents is 1. The summed E-state index contributed by atoms with van der Waals surface area (Å²) in [4.78, 5) is 25.6. The summed E-state index contributed by atoms with van der Waals surface area (Å²) in [6.07, 6.45) is 0.867. The zero-order valence-corrected chi connectivity index (χ0v) is 21.1. The molecule has 2 amide bonds. The van der Waals surface area contributed by atoms with Crippen molar-refractivity contribution in [2.24, 2.45) is 11.0 Å². The SMILES string of the molecule is CC(C)C[C@@H](NC(=O)[C@H](C)Oc1ccc(Cl)cc1Cl)C(=O)N/N=C\c1c(O)ccc2ccccc12. The highest BCUT2D eigenvalue weighted by Crippen LogP contribution is 2.28. The van der Waals surface area contributed by atoms with E-state index in [9.17, 15) is 14.7 Å². The maximum absolute atomic E-state index is 12.8. The molecule has 0 aliphatic heterocycles. The maximum atomic E-state index is 12.8. The number of hydrogen-bond acceptors (Lipinski definition) is 5. The Morgan fingerprint density at radius 3 is 2.51 bits per heavy atom. The van der Waals surface area contributed by atoms with E-state index in [-0.39, 0.29) is 16.7 Å². The molecular formula is C26H27Cl2N3O4. The first-order valence-corrected chi connectivity index (χ1v) is 11.9. The molecular weight excluding hydrogens is 489 g/mol. The van der Waals surface area contributed by atoms with Gasteiger partial charge < -0.3 is 15.2 Å². The predicted octanol–water partition coefficient (Wildman–Crippen LogP) is 5.30. The number of hydrogen-bond donors (Lipinski definition) is 3. The van der Waals surface area contributed by atoms with Gasteiger partial charge in [-0.1, -0.05) is 67.4 Å². The Morgan fingerprint density at radius 2 is 1.80 bits per heavy atom. The van der Waals surface area contributed by atoms with Gasteiger partial charge >= 0.3 is 0 Å². The second-order valence-electron chi connectivity index (χ2n) is 8.48. The van der Waals surface area contributed by atoms with Crippen molar-refractivity contribution < 1.29 is 19.4 Å². The van der Waals surface area contributed by atoms with Gasteiger partial charge in [0.1, 0.15) is 17.5 Å². The first-order valence-electron chi connectivity index (χ1n) is 11.1. The normalized spacial score (nSPS) is 13.1. The van der Waals surface area contributed by atoms with E-state index < -0.39 is 24.0 Å². The maximum Gasteiger partial charge on any atom is 0.262 e. The Balaban J connectivity index is 1.68. The molecule has 3 aromatic rings. The summed E-state index contributed by atoms with van der Waals surface area (Å²) in [7, 11) is 0. The molecule has 3 N–H and O–H groups in total. The molecule has 0 radical (unpaired) electrons. The molecule has 0 bridgehead atoms. The third-order valence-corrected chi connectivity index (χ3v) is 5.75. The Morgan fingerprint density at radius 1 is 1.06 bits per heavy atom. The Kier molecular flexibility index (Phi) is 8.95. The minimum Gasteiger partial charge on any atom is -0.507 e. The molecule has 0 unspecified atom stereocenters. The lowest BCUT2D eigenvalue weighted by molar-refractivity contribution is -0.132. The van der Waals surface area contributed by atoms with E-state index in [1.54, 1.807) is 31.2 Å². The topological polar surface area (TPSA) is 100 Å². The minimum absolute atomic E-state index is 0.0422. The van der Waals surface area contributed by atoms with Crippen LogP contribution in [0, 0.1) is 5.92 Å². The van der Waals surface area contributed by atoms with Gasteiger partial charge in [0.05, 0.1) is 11.2 Å². The van der Waals surface area contributed by atoms with E-state index in [1.165, 1.54) is 12.3 Å². The van der Waals surface area contributed by atoms with Crippen molar-refractivity contribution in [3.63, 3.8) is 0 Å². The van der Waals surface area contributed by atoms with Gasteiger partial charge in [-0.15, -0.1) is 0 Å². The largest absolute Gasteiger partial charge is 0.507 e. The van der Waals surface area contributed by atoms with E-state index in [1.807, 2.05) is 38.1 Å².